The highest BCUT2D eigenvalue weighted by Crippen LogP contribution is 2.19. The van der Waals surface area contributed by atoms with Crippen LogP contribution in [0.15, 0.2) is 6.07 Å². The maximum Gasteiger partial charge on any atom is 0.158 e. The SMILES string of the molecule is CCNc1cc(N(CC(C)C)CC(C)C)nc(COC)n1. The van der Waals surface area contributed by atoms with Gasteiger partial charge in [0.1, 0.15) is 18.2 Å². The molecule has 0 unspecified atom stereocenters. The quantitative estimate of drug-likeness (QED) is 0.758. The van der Waals surface area contributed by atoms with Crippen molar-refractivity contribution < 1.29 is 4.74 Å². The van der Waals surface area contributed by atoms with E-state index in [4.69, 9.17) is 4.74 Å². The van der Waals surface area contributed by atoms with Gasteiger partial charge in [-0.05, 0) is 18.8 Å². The molecule has 1 rings (SSSR count). The predicted molar refractivity (Wildman–Crippen MR) is 88.8 cm³/mol. The minimum Gasteiger partial charge on any atom is -0.377 e. The normalized spacial score (nSPS) is 11.2. The third-order valence-corrected chi connectivity index (χ3v) is 2.89. The van der Waals surface area contributed by atoms with Crippen LogP contribution in [0.4, 0.5) is 11.6 Å². The molecule has 0 aliphatic heterocycles. The van der Waals surface area contributed by atoms with Crippen LogP contribution < -0.4 is 10.2 Å². The molecule has 0 fully saturated rings. The molecule has 0 atom stereocenters. The first-order valence-electron chi connectivity index (χ1n) is 7.81. The molecule has 0 radical (unpaired) electrons. The Hall–Kier alpha value is -1.36. The number of hydrogen-bond donors (Lipinski definition) is 1. The molecule has 5 nitrogen and oxygen atoms in total. The van der Waals surface area contributed by atoms with Crippen molar-refractivity contribution in [3.05, 3.63) is 11.9 Å². The molecule has 0 saturated carbocycles. The van der Waals surface area contributed by atoms with Gasteiger partial charge in [-0.1, -0.05) is 27.7 Å². The Balaban J connectivity index is 3.08. The van der Waals surface area contributed by atoms with Crippen molar-refractivity contribution in [2.24, 2.45) is 11.8 Å². The van der Waals surface area contributed by atoms with Crippen molar-refractivity contribution in [3.63, 3.8) is 0 Å². The lowest BCUT2D eigenvalue weighted by molar-refractivity contribution is 0.178. The smallest absolute Gasteiger partial charge is 0.158 e. The molecule has 0 aliphatic carbocycles. The number of ether oxygens (including phenoxy) is 1. The number of aromatic nitrogens is 2. The van der Waals surface area contributed by atoms with E-state index in [-0.39, 0.29) is 0 Å². The van der Waals surface area contributed by atoms with Gasteiger partial charge in [-0.15, -0.1) is 0 Å². The van der Waals surface area contributed by atoms with Gasteiger partial charge in [-0.3, -0.25) is 0 Å². The van der Waals surface area contributed by atoms with Crippen LogP contribution in [-0.2, 0) is 11.3 Å². The van der Waals surface area contributed by atoms with Crippen LogP contribution in [0.25, 0.3) is 0 Å². The average molecular weight is 294 g/mol. The summed E-state index contributed by atoms with van der Waals surface area (Å²) in [6.07, 6.45) is 0. The predicted octanol–water partition coefficient (Wildman–Crippen LogP) is 3.17. The van der Waals surface area contributed by atoms with Crippen molar-refractivity contribution in [2.45, 2.75) is 41.2 Å². The maximum atomic E-state index is 5.19. The van der Waals surface area contributed by atoms with E-state index >= 15 is 0 Å². The second-order valence-electron chi connectivity index (χ2n) is 6.18. The zero-order chi connectivity index (χ0) is 15.8. The number of anilines is 2. The van der Waals surface area contributed by atoms with Gasteiger partial charge in [0.05, 0.1) is 0 Å². The first-order valence-corrected chi connectivity index (χ1v) is 7.81. The fourth-order valence-electron chi connectivity index (χ4n) is 2.25. The largest absolute Gasteiger partial charge is 0.377 e. The molecular formula is C16H30N4O. The topological polar surface area (TPSA) is 50.3 Å². The summed E-state index contributed by atoms with van der Waals surface area (Å²) in [7, 11) is 1.67. The van der Waals surface area contributed by atoms with Crippen molar-refractivity contribution in [2.75, 3.05) is 37.0 Å². The number of rotatable bonds is 9. The van der Waals surface area contributed by atoms with Crippen LogP contribution in [0.5, 0.6) is 0 Å². The third-order valence-electron chi connectivity index (χ3n) is 2.89. The van der Waals surface area contributed by atoms with E-state index in [1.165, 1.54) is 0 Å². The monoisotopic (exact) mass is 294 g/mol. The maximum absolute atomic E-state index is 5.19. The van der Waals surface area contributed by atoms with Gasteiger partial charge in [0.2, 0.25) is 0 Å². The van der Waals surface area contributed by atoms with Gasteiger partial charge in [0.25, 0.3) is 0 Å². The highest BCUT2D eigenvalue weighted by Gasteiger charge is 2.14. The third kappa shape index (κ3) is 6.29. The highest BCUT2D eigenvalue weighted by molar-refractivity contribution is 5.49. The van der Waals surface area contributed by atoms with E-state index in [1.54, 1.807) is 7.11 Å². The first kappa shape index (κ1) is 17.7. The fraction of sp³-hybridized carbons (Fsp3) is 0.750. The molecule has 0 bridgehead atoms. The number of methoxy groups -OCH3 is 1. The molecule has 120 valence electrons. The highest BCUT2D eigenvalue weighted by atomic mass is 16.5. The molecule has 1 heterocycles. The second-order valence-corrected chi connectivity index (χ2v) is 6.18. The lowest BCUT2D eigenvalue weighted by Gasteiger charge is -2.28. The number of nitrogens with zero attached hydrogens (tertiary/aromatic N) is 3. The molecule has 0 spiro atoms. The average Bonchev–Trinajstić information content (AvgIpc) is 2.37. The summed E-state index contributed by atoms with van der Waals surface area (Å²) < 4.78 is 5.19. The number of hydrogen-bond acceptors (Lipinski definition) is 5. The summed E-state index contributed by atoms with van der Waals surface area (Å²) in [5, 5.41) is 3.27. The summed E-state index contributed by atoms with van der Waals surface area (Å²) >= 11 is 0. The molecule has 0 aromatic carbocycles. The molecule has 0 saturated heterocycles. The zero-order valence-corrected chi connectivity index (χ0v) is 14.3. The van der Waals surface area contributed by atoms with Crippen LogP contribution in [0.2, 0.25) is 0 Å². The van der Waals surface area contributed by atoms with Crippen molar-refractivity contribution in [1.82, 2.24) is 9.97 Å². The van der Waals surface area contributed by atoms with Gasteiger partial charge in [-0.25, -0.2) is 9.97 Å². The molecule has 21 heavy (non-hydrogen) atoms. The molecule has 1 aromatic heterocycles. The van der Waals surface area contributed by atoms with E-state index in [2.05, 4.69) is 54.8 Å². The Kier molecular flexibility index (Phi) is 7.43. The summed E-state index contributed by atoms with van der Waals surface area (Å²) in [5.74, 6) is 3.75. The van der Waals surface area contributed by atoms with Crippen LogP contribution in [0, 0.1) is 11.8 Å². The number of nitrogens with one attached hydrogen (secondary N) is 1. The lowest BCUT2D eigenvalue weighted by Crippen LogP contribution is -2.32. The Labute approximate surface area is 129 Å². The Morgan fingerprint density at radius 1 is 1.14 bits per heavy atom. The zero-order valence-electron chi connectivity index (χ0n) is 14.3. The first-order chi connectivity index (χ1) is 9.96. The van der Waals surface area contributed by atoms with Crippen molar-refractivity contribution in [1.29, 1.82) is 0 Å². The van der Waals surface area contributed by atoms with E-state index in [1.807, 2.05) is 6.07 Å². The van der Waals surface area contributed by atoms with Crippen LogP contribution in [0.3, 0.4) is 0 Å². The molecule has 1 aromatic rings. The molecule has 0 aliphatic rings. The van der Waals surface area contributed by atoms with E-state index in [0.717, 1.165) is 37.1 Å². The summed E-state index contributed by atoms with van der Waals surface area (Å²) in [4.78, 5) is 11.5. The minimum absolute atomic E-state index is 0.434. The Bertz CT molecular complexity index is 386. The second kappa shape index (κ2) is 8.82. The van der Waals surface area contributed by atoms with Gasteiger partial charge >= 0.3 is 0 Å². The van der Waals surface area contributed by atoms with E-state index < -0.39 is 0 Å². The van der Waals surface area contributed by atoms with Crippen LogP contribution in [0.1, 0.15) is 40.4 Å². The van der Waals surface area contributed by atoms with Gasteiger partial charge in [0.15, 0.2) is 5.82 Å². The van der Waals surface area contributed by atoms with Crippen LogP contribution >= 0.6 is 0 Å². The van der Waals surface area contributed by atoms with Crippen molar-refractivity contribution >= 4 is 11.6 Å². The summed E-state index contributed by atoms with van der Waals surface area (Å²) in [5.41, 5.74) is 0. The van der Waals surface area contributed by atoms with Gasteiger partial charge < -0.3 is 15.0 Å². The fourth-order valence-corrected chi connectivity index (χ4v) is 2.25. The summed E-state index contributed by atoms with van der Waals surface area (Å²) in [6.45, 7) is 14.3. The lowest BCUT2D eigenvalue weighted by atomic mass is 10.1. The minimum atomic E-state index is 0.434. The van der Waals surface area contributed by atoms with Crippen LogP contribution in [-0.4, -0.2) is 36.7 Å². The van der Waals surface area contributed by atoms with E-state index in [9.17, 15) is 0 Å². The standard InChI is InChI=1S/C16H30N4O/c1-7-17-14-8-16(19-15(18-14)11-21-6)20(9-12(2)3)10-13(4)5/h8,12-13H,7,9-11H2,1-6H3,(H,17,18,19). The van der Waals surface area contributed by atoms with E-state index in [0.29, 0.717) is 18.4 Å². The van der Waals surface area contributed by atoms with Crippen molar-refractivity contribution in [3.8, 4) is 0 Å². The Morgan fingerprint density at radius 3 is 2.24 bits per heavy atom. The van der Waals surface area contributed by atoms with Gasteiger partial charge in [-0.2, -0.15) is 0 Å². The molecular weight excluding hydrogens is 264 g/mol. The van der Waals surface area contributed by atoms with Gasteiger partial charge in [0, 0.05) is 32.8 Å². The Morgan fingerprint density at radius 2 is 1.76 bits per heavy atom. The molecule has 0 amide bonds. The molecule has 1 N–H and O–H groups in total. The summed E-state index contributed by atoms with van der Waals surface area (Å²) in [6, 6.07) is 2.04. The molecule has 5 heteroatoms.